The van der Waals surface area contributed by atoms with Gasteiger partial charge in [-0.1, -0.05) is 6.92 Å². The van der Waals surface area contributed by atoms with Gasteiger partial charge in [-0.3, -0.25) is 9.59 Å². The Morgan fingerprint density at radius 3 is 2.32 bits per heavy atom. The van der Waals surface area contributed by atoms with Crippen molar-refractivity contribution >= 4 is 18.2 Å². The molecule has 0 saturated carbocycles. The molecule has 0 aromatic rings. The van der Waals surface area contributed by atoms with Crippen LogP contribution in [0.4, 0.5) is 0 Å². The van der Waals surface area contributed by atoms with Gasteiger partial charge in [-0.2, -0.15) is 0 Å². The van der Waals surface area contributed by atoms with E-state index in [1.165, 1.54) is 13.3 Å². The summed E-state index contributed by atoms with van der Waals surface area (Å²) in [6, 6.07) is -0.379. The van der Waals surface area contributed by atoms with Gasteiger partial charge in [-0.25, -0.2) is 4.99 Å². The van der Waals surface area contributed by atoms with E-state index in [1.807, 2.05) is 0 Å². The number of aliphatic hydroxyl groups excluding tert-OH is 1. The number of nitrogens with one attached hydrogen (secondary N) is 1. The Bertz CT molecular complexity index is 321. The van der Waals surface area contributed by atoms with Crippen LogP contribution >= 0.6 is 0 Å². The fraction of sp³-hybridized carbons (Fsp3) is 0.750. The predicted octanol–water partition coefficient (Wildman–Crippen LogP) is 0.0146. The molecule has 3 unspecified atom stereocenters. The second kappa shape index (κ2) is 10.8. The maximum Gasteiger partial charge on any atom is 0.249 e. The van der Waals surface area contributed by atoms with Crippen LogP contribution in [0, 0.1) is 50.0 Å². The molecule has 0 bridgehead atoms. The van der Waals surface area contributed by atoms with E-state index in [-0.39, 0.29) is 74.3 Å². The van der Waals surface area contributed by atoms with E-state index in [2.05, 4.69) is 10.3 Å². The molecule has 0 saturated heterocycles. The summed E-state index contributed by atoms with van der Waals surface area (Å²) >= 11 is 0. The van der Waals surface area contributed by atoms with E-state index in [0.29, 0.717) is 0 Å². The van der Waals surface area contributed by atoms with Gasteiger partial charge in [-0.05, 0) is 13.3 Å². The van der Waals surface area contributed by atoms with Crippen LogP contribution in [-0.4, -0.2) is 54.4 Å². The Morgan fingerprint density at radius 2 is 1.89 bits per heavy atom. The summed E-state index contributed by atoms with van der Waals surface area (Å²) in [6.07, 6.45) is 0.940. The van der Waals surface area contributed by atoms with Crippen molar-refractivity contribution in [1.82, 2.24) is 10.2 Å². The first-order chi connectivity index (χ1) is 8.23. The van der Waals surface area contributed by atoms with Crippen molar-refractivity contribution in [2.24, 2.45) is 10.9 Å². The number of rotatable bonds is 6. The number of amides is 2. The van der Waals surface area contributed by atoms with Crippen molar-refractivity contribution in [2.45, 2.75) is 39.3 Å². The van der Waals surface area contributed by atoms with Gasteiger partial charge in [0.2, 0.25) is 11.8 Å². The molecule has 2 N–H and O–H groups in total. The number of carbonyl (C=O) groups is 2. The number of aliphatic hydroxyl groups is 1. The van der Waals surface area contributed by atoms with Crippen molar-refractivity contribution in [2.75, 3.05) is 14.1 Å². The zero-order valence-corrected chi connectivity index (χ0v) is 17.0. The monoisotopic (exact) mass is 484 g/mol. The minimum atomic E-state index is -0.762. The molecule has 2 amide bonds. The van der Waals surface area contributed by atoms with Gasteiger partial charge in [0.25, 0.3) is 0 Å². The first-order valence-electron chi connectivity index (χ1n) is 5.93. The van der Waals surface area contributed by atoms with Crippen LogP contribution in [0.15, 0.2) is 4.99 Å². The first kappa shape index (κ1) is 21.3. The van der Waals surface area contributed by atoms with Gasteiger partial charge >= 0.3 is 0 Å². The Hall–Kier alpha value is 0.0116. The molecule has 19 heavy (non-hydrogen) atoms. The van der Waals surface area contributed by atoms with Crippen molar-refractivity contribution in [1.29, 1.82) is 0 Å². The van der Waals surface area contributed by atoms with Crippen molar-refractivity contribution < 1.29 is 58.8 Å². The zero-order valence-electron chi connectivity index (χ0n) is 12.3. The fourth-order valence-electron chi connectivity index (χ4n) is 1.38. The van der Waals surface area contributed by atoms with Gasteiger partial charge < -0.3 is 15.3 Å². The molecule has 3 atom stereocenters. The molecule has 107 valence electrons. The third kappa shape index (κ3) is 10.5. The van der Waals surface area contributed by atoms with Crippen LogP contribution < -0.4 is 5.32 Å². The molecule has 0 heterocycles. The van der Waals surface area contributed by atoms with E-state index in [4.69, 9.17) is 0 Å². The second-order valence-corrected chi connectivity index (χ2v) is 4.74. The van der Waals surface area contributed by atoms with Gasteiger partial charge in [0, 0.05) is 71.0 Å². The van der Waals surface area contributed by atoms with Crippen LogP contribution in [0.2, 0.25) is 0 Å². The SMILES string of the molecule is CC(=O)NC(C)C(O)CC(C)C(=O)N=CN(C)C.[Ac]. The summed E-state index contributed by atoms with van der Waals surface area (Å²) in [4.78, 5) is 27.9. The van der Waals surface area contributed by atoms with Crippen LogP contribution in [0.3, 0.4) is 0 Å². The van der Waals surface area contributed by atoms with E-state index < -0.39 is 6.10 Å². The topological polar surface area (TPSA) is 82.0 Å². The van der Waals surface area contributed by atoms with Gasteiger partial charge in [0.05, 0.1) is 18.5 Å². The summed E-state index contributed by atoms with van der Waals surface area (Å²) in [7, 11) is 3.55. The molecule has 0 aliphatic rings. The third-order valence-corrected chi connectivity index (χ3v) is 2.44. The molecular weight excluding hydrogens is 461 g/mol. The largest absolute Gasteiger partial charge is 0.391 e. The molecule has 7 heteroatoms. The van der Waals surface area contributed by atoms with Crippen molar-refractivity contribution in [3.05, 3.63) is 0 Å². The van der Waals surface area contributed by atoms with E-state index in [0.717, 1.165) is 0 Å². The summed E-state index contributed by atoms with van der Waals surface area (Å²) in [5.74, 6) is -0.864. The van der Waals surface area contributed by atoms with Crippen LogP contribution in [-0.2, 0) is 9.59 Å². The van der Waals surface area contributed by atoms with Gasteiger partial charge in [0.15, 0.2) is 0 Å². The molecular formula is C12H23AcN3O3. The number of aliphatic imine (C=N–C) groups is 1. The number of hydrogen-bond acceptors (Lipinski definition) is 3. The summed E-state index contributed by atoms with van der Waals surface area (Å²) < 4.78 is 0. The molecule has 0 rings (SSSR count). The minimum Gasteiger partial charge on any atom is -0.391 e. The zero-order chi connectivity index (χ0) is 14.3. The average Bonchev–Trinajstić information content (AvgIpc) is 2.24. The van der Waals surface area contributed by atoms with Gasteiger partial charge in [0.1, 0.15) is 0 Å². The molecule has 0 aliphatic carbocycles. The smallest absolute Gasteiger partial charge is 0.249 e. The van der Waals surface area contributed by atoms with E-state index in [9.17, 15) is 14.7 Å². The van der Waals surface area contributed by atoms with Crippen LogP contribution in [0.5, 0.6) is 0 Å². The van der Waals surface area contributed by atoms with Crippen molar-refractivity contribution in [3.63, 3.8) is 0 Å². The first-order valence-corrected chi connectivity index (χ1v) is 5.93. The van der Waals surface area contributed by atoms with Crippen molar-refractivity contribution in [3.8, 4) is 0 Å². The summed E-state index contributed by atoms with van der Waals surface area (Å²) in [5.41, 5.74) is 0. The van der Waals surface area contributed by atoms with E-state index >= 15 is 0 Å². The molecule has 0 aromatic carbocycles. The van der Waals surface area contributed by atoms with Crippen LogP contribution in [0.1, 0.15) is 27.2 Å². The Kier molecular flexibility index (Phi) is 12.1. The normalized spacial score (nSPS) is 15.3. The fourth-order valence-corrected chi connectivity index (χ4v) is 1.38. The molecule has 0 aromatic heterocycles. The maximum atomic E-state index is 11.6. The Labute approximate surface area is 150 Å². The third-order valence-electron chi connectivity index (χ3n) is 2.44. The summed E-state index contributed by atoms with van der Waals surface area (Å²) in [5, 5.41) is 12.4. The predicted molar refractivity (Wildman–Crippen MR) is 70.3 cm³/mol. The molecule has 0 spiro atoms. The Balaban J connectivity index is 0. The number of nitrogens with zero attached hydrogens (tertiary/aromatic N) is 2. The quantitative estimate of drug-likeness (QED) is 0.412. The second-order valence-electron chi connectivity index (χ2n) is 4.74. The van der Waals surface area contributed by atoms with Crippen LogP contribution in [0.25, 0.3) is 0 Å². The standard InChI is InChI=1S/C12H23N3O3.Ac/c1-8(12(18)13-7-15(4)5)6-11(17)9(2)14-10(3)16;/h7-9,11,17H,6H2,1-5H3,(H,14,16);. The maximum absolute atomic E-state index is 11.6. The van der Waals surface area contributed by atoms with Gasteiger partial charge in [-0.15, -0.1) is 0 Å². The molecule has 6 nitrogen and oxygen atoms in total. The molecule has 0 fully saturated rings. The Morgan fingerprint density at radius 1 is 1.37 bits per heavy atom. The van der Waals surface area contributed by atoms with E-state index in [1.54, 1.807) is 32.8 Å². The average molecular weight is 484 g/mol. The number of carbonyl (C=O) groups excluding carboxylic acids is 2. The summed E-state index contributed by atoms with van der Waals surface area (Å²) in [6.45, 7) is 4.80. The molecule has 0 aliphatic heterocycles. The molecule has 1 radical (unpaired) electrons. The minimum absolute atomic E-state index is 0. The number of hydrogen-bond donors (Lipinski definition) is 2.